The minimum Gasteiger partial charge on any atom is -0.337 e. The molecule has 0 aliphatic carbocycles. The zero-order chi connectivity index (χ0) is 19.1. The number of halogens is 2. The van der Waals surface area contributed by atoms with Crippen LogP contribution in [0.1, 0.15) is 29.0 Å². The van der Waals surface area contributed by atoms with Crippen molar-refractivity contribution in [1.29, 1.82) is 0 Å². The molecule has 2 fully saturated rings. The number of rotatable bonds is 2. The summed E-state index contributed by atoms with van der Waals surface area (Å²) in [6, 6.07) is 7.96. The molecular formula is C21H26Cl2N6O. The lowest BCUT2D eigenvalue weighted by Gasteiger charge is -2.20. The van der Waals surface area contributed by atoms with Gasteiger partial charge in [0.2, 0.25) is 0 Å². The van der Waals surface area contributed by atoms with E-state index in [1.807, 2.05) is 42.3 Å². The first-order valence-electron chi connectivity index (χ1n) is 9.98. The first kappa shape index (κ1) is 22.5. The topological polar surface area (TPSA) is 75.9 Å². The largest absolute Gasteiger partial charge is 0.337 e. The monoisotopic (exact) mass is 448 g/mol. The van der Waals surface area contributed by atoms with Crippen molar-refractivity contribution in [3.8, 4) is 5.69 Å². The second-order valence-corrected chi connectivity index (χ2v) is 7.86. The third-order valence-corrected chi connectivity index (χ3v) is 6.29. The molecule has 2 aliphatic rings. The molecule has 30 heavy (non-hydrogen) atoms. The van der Waals surface area contributed by atoms with Gasteiger partial charge >= 0.3 is 0 Å². The summed E-state index contributed by atoms with van der Waals surface area (Å²) in [4.78, 5) is 19.3. The lowest BCUT2D eigenvalue weighted by Crippen LogP contribution is -2.33. The number of carbonyl (C=O) groups excluding carboxylic acids is 1. The van der Waals surface area contributed by atoms with Crippen LogP contribution >= 0.6 is 24.8 Å². The Balaban J connectivity index is 0.00000128. The summed E-state index contributed by atoms with van der Waals surface area (Å²) in [5.74, 6) is 1.39. The minimum atomic E-state index is -0.00131. The van der Waals surface area contributed by atoms with Gasteiger partial charge in [0.05, 0.1) is 11.4 Å². The van der Waals surface area contributed by atoms with Crippen molar-refractivity contribution in [2.45, 2.75) is 19.8 Å². The number of amides is 1. The average Bonchev–Trinajstić information content (AvgIpc) is 3.28. The summed E-state index contributed by atoms with van der Waals surface area (Å²) in [6.07, 6.45) is 5.73. The molecule has 3 aromatic rings. The maximum atomic E-state index is 13.2. The van der Waals surface area contributed by atoms with Gasteiger partial charge in [-0.1, -0.05) is 17.3 Å². The van der Waals surface area contributed by atoms with Crippen molar-refractivity contribution in [2.24, 2.45) is 11.8 Å². The first-order valence-corrected chi connectivity index (χ1v) is 9.98. The fourth-order valence-electron chi connectivity index (χ4n) is 4.62. The molecule has 7 nitrogen and oxygen atoms in total. The molecule has 2 atom stereocenters. The van der Waals surface area contributed by atoms with E-state index in [2.05, 4.69) is 20.6 Å². The van der Waals surface area contributed by atoms with E-state index in [4.69, 9.17) is 0 Å². The van der Waals surface area contributed by atoms with E-state index in [0.29, 0.717) is 17.5 Å². The van der Waals surface area contributed by atoms with Gasteiger partial charge < -0.3 is 10.2 Å². The Labute approximate surface area is 188 Å². The van der Waals surface area contributed by atoms with Crippen molar-refractivity contribution >= 4 is 41.5 Å². The summed E-state index contributed by atoms with van der Waals surface area (Å²) in [5, 5.41) is 14.2. The van der Waals surface area contributed by atoms with Crippen LogP contribution in [0.4, 0.5) is 0 Å². The predicted octanol–water partition coefficient (Wildman–Crippen LogP) is 3.04. The molecule has 0 spiro atoms. The number of hydrogen-bond donors (Lipinski definition) is 1. The zero-order valence-electron chi connectivity index (χ0n) is 16.8. The molecule has 2 aromatic heterocycles. The van der Waals surface area contributed by atoms with Gasteiger partial charge in [-0.15, -0.1) is 29.9 Å². The molecule has 160 valence electrons. The highest BCUT2D eigenvalue weighted by Crippen LogP contribution is 2.28. The number of nitrogens with zero attached hydrogens (tertiary/aromatic N) is 5. The van der Waals surface area contributed by atoms with Crippen molar-refractivity contribution < 1.29 is 4.79 Å². The number of pyridine rings is 1. The van der Waals surface area contributed by atoms with Crippen LogP contribution in [0.5, 0.6) is 0 Å². The second kappa shape index (κ2) is 9.29. The standard InChI is InChI=1S/C21H24N6O.2ClH/c1-14-20(21(28)26-9-6-15-11-23-12-16(15)7-10-26)24-25-27(14)19-4-2-3-17-13-22-8-5-18(17)19;;/h2-5,8,13,15-16,23H,6-7,9-12H2,1H3;2*1H/t15-,16+;;. The Hall–Kier alpha value is -2.22. The molecule has 1 N–H and O–H groups in total. The highest BCUT2D eigenvalue weighted by molar-refractivity contribution is 5.94. The van der Waals surface area contributed by atoms with E-state index < -0.39 is 0 Å². The smallest absolute Gasteiger partial charge is 0.276 e. The van der Waals surface area contributed by atoms with Gasteiger partial charge in [-0.25, -0.2) is 4.68 Å². The fourth-order valence-corrected chi connectivity index (χ4v) is 4.62. The molecule has 0 bridgehead atoms. The first-order chi connectivity index (χ1) is 13.7. The van der Waals surface area contributed by atoms with Crippen molar-refractivity contribution in [3.05, 3.63) is 48.0 Å². The highest BCUT2D eigenvalue weighted by Gasteiger charge is 2.33. The zero-order valence-corrected chi connectivity index (χ0v) is 18.5. The normalized spacial score (nSPS) is 20.8. The number of aromatic nitrogens is 4. The summed E-state index contributed by atoms with van der Waals surface area (Å²) in [6.45, 7) is 5.68. The lowest BCUT2D eigenvalue weighted by atomic mass is 9.92. The van der Waals surface area contributed by atoms with E-state index in [-0.39, 0.29) is 30.7 Å². The van der Waals surface area contributed by atoms with Crippen LogP contribution in [-0.4, -0.2) is 57.0 Å². The number of carbonyl (C=O) groups is 1. The predicted molar refractivity (Wildman–Crippen MR) is 121 cm³/mol. The van der Waals surface area contributed by atoms with Crippen LogP contribution in [0.15, 0.2) is 36.7 Å². The van der Waals surface area contributed by atoms with E-state index in [9.17, 15) is 4.79 Å². The van der Waals surface area contributed by atoms with Crippen molar-refractivity contribution in [1.82, 2.24) is 30.2 Å². The number of nitrogens with one attached hydrogen (secondary N) is 1. The number of hydrogen-bond acceptors (Lipinski definition) is 5. The summed E-state index contributed by atoms with van der Waals surface area (Å²) in [7, 11) is 0. The molecule has 4 heterocycles. The van der Waals surface area contributed by atoms with Gasteiger partial charge in [-0.3, -0.25) is 9.78 Å². The van der Waals surface area contributed by atoms with Gasteiger partial charge in [-0.2, -0.15) is 0 Å². The lowest BCUT2D eigenvalue weighted by molar-refractivity contribution is 0.0751. The number of likely N-dealkylation sites (tertiary alicyclic amines) is 1. The number of fused-ring (bicyclic) bond motifs is 2. The Bertz CT molecular complexity index is 1020. The SMILES string of the molecule is Cc1c(C(=O)N2CC[C@@H]3CNC[C@@H]3CC2)nnn1-c1cccc2cnccc12.Cl.Cl. The molecule has 1 aromatic carbocycles. The number of benzene rings is 1. The Kier molecular flexibility index (Phi) is 6.95. The van der Waals surface area contributed by atoms with E-state index in [0.717, 1.165) is 61.2 Å². The van der Waals surface area contributed by atoms with E-state index in [1.54, 1.807) is 10.9 Å². The third kappa shape index (κ3) is 3.89. The third-order valence-electron chi connectivity index (χ3n) is 6.29. The molecular weight excluding hydrogens is 423 g/mol. The molecule has 1 amide bonds. The highest BCUT2D eigenvalue weighted by atomic mass is 35.5. The minimum absolute atomic E-state index is 0. The van der Waals surface area contributed by atoms with Crippen LogP contribution in [0.25, 0.3) is 16.5 Å². The van der Waals surface area contributed by atoms with Gasteiger partial charge in [0.1, 0.15) is 0 Å². The Morgan fingerprint density at radius 2 is 1.83 bits per heavy atom. The van der Waals surface area contributed by atoms with E-state index >= 15 is 0 Å². The molecule has 0 radical (unpaired) electrons. The fraction of sp³-hybridized carbons (Fsp3) is 0.429. The summed E-state index contributed by atoms with van der Waals surface area (Å²) >= 11 is 0. The maximum absolute atomic E-state index is 13.2. The van der Waals surface area contributed by atoms with Crippen molar-refractivity contribution in [2.75, 3.05) is 26.2 Å². The van der Waals surface area contributed by atoms with Crippen LogP contribution < -0.4 is 5.32 Å². The summed E-state index contributed by atoms with van der Waals surface area (Å²) in [5.41, 5.74) is 2.15. The molecule has 0 unspecified atom stereocenters. The average molecular weight is 449 g/mol. The Morgan fingerprint density at radius 3 is 2.57 bits per heavy atom. The van der Waals surface area contributed by atoms with Gasteiger partial charge in [-0.05, 0) is 56.8 Å². The van der Waals surface area contributed by atoms with Gasteiger partial charge in [0, 0.05) is 36.3 Å². The second-order valence-electron chi connectivity index (χ2n) is 7.86. The molecule has 2 saturated heterocycles. The van der Waals surface area contributed by atoms with Crippen LogP contribution in [0, 0.1) is 18.8 Å². The molecule has 2 aliphatic heterocycles. The van der Waals surface area contributed by atoms with Crippen LogP contribution in [-0.2, 0) is 0 Å². The molecule has 5 rings (SSSR count). The maximum Gasteiger partial charge on any atom is 0.276 e. The summed E-state index contributed by atoms with van der Waals surface area (Å²) < 4.78 is 1.77. The van der Waals surface area contributed by atoms with Crippen molar-refractivity contribution in [3.63, 3.8) is 0 Å². The van der Waals surface area contributed by atoms with Gasteiger partial charge in [0.15, 0.2) is 5.69 Å². The van der Waals surface area contributed by atoms with Gasteiger partial charge in [0.25, 0.3) is 5.91 Å². The van der Waals surface area contributed by atoms with Crippen LogP contribution in [0.3, 0.4) is 0 Å². The quantitative estimate of drug-likeness (QED) is 0.651. The van der Waals surface area contributed by atoms with Crippen LogP contribution in [0.2, 0.25) is 0 Å². The molecule has 9 heteroatoms. The Morgan fingerprint density at radius 1 is 1.10 bits per heavy atom. The molecule has 0 saturated carbocycles. The van der Waals surface area contributed by atoms with E-state index in [1.165, 1.54) is 0 Å².